The van der Waals surface area contributed by atoms with Crippen LogP contribution in [-0.2, 0) is 12.6 Å². The van der Waals surface area contributed by atoms with Crippen LogP contribution < -0.4 is 20.7 Å². The van der Waals surface area contributed by atoms with Crippen molar-refractivity contribution in [3.8, 4) is 11.5 Å². The molecule has 0 aliphatic heterocycles. The summed E-state index contributed by atoms with van der Waals surface area (Å²) in [6.07, 6.45) is -3.88. The van der Waals surface area contributed by atoms with E-state index in [0.29, 0.717) is 22.2 Å². The molecular weight excluding hydrogens is 549 g/mol. The molecule has 4 aromatic rings. The summed E-state index contributed by atoms with van der Waals surface area (Å²) in [4.78, 5) is 44.4. The minimum atomic E-state index is -4.76. The Morgan fingerprint density at radius 3 is 2.30 bits per heavy atom. The number of hydrogen-bond acceptors (Lipinski definition) is 8. The van der Waals surface area contributed by atoms with Crippen LogP contribution in [-0.4, -0.2) is 39.1 Å². The second-order valence-electron chi connectivity index (χ2n) is 8.27. The van der Waals surface area contributed by atoms with Gasteiger partial charge in [-0.3, -0.25) is 14.6 Å². The minimum absolute atomic E-state index is 0.117. The smallest absolute Gasteiger partial charge is 0.416 e. The quantitative estimate of drug-likeness (QED) is 0.239. The summed E-state index contributed by atoms with van der Waals surface area (Å²) in [6, 6.07) is 11.6. The number of Topliss-reactive ketones (excluding diaryl/α,β-unsaturated/α-hetero) is 1. The van der Waals surface area contributed by atoms with Crippen LogP contribution in [0.15, 0.2) is 60.8 Å². The van der Waals surface area contributed by atoms with Gasteiger partial charge in [-0.05, 0) is 66.5 Å². The summed E-state index contributed by atoms with van der Waals surface area (Å²) in [5, 5.41) is 7.88. The lowest BCUT2D eigenvalue weighted by Crippen LogP contribution is -2.20. The average Bonchev–Trinajstić information content (AvgIpc) is 3.36. The van der Waals surface area contributed by atoms with Gasteiger partial charge in [0.2, 0.25) is 11.6 Å². The van der Waals surface area contributed by atoms with Crippen LogP contribution in [0.4, 0.5) is 29.3 Å². The number of amides is 3. The van der Waals surface area contributed by atoms with Crippen molar-refractivity contribution >= 4 is 40.6 Å². The van der Waals surface area contributed by atoms with Crippen LogP contribution in [0.25, 0.3) is 0 Å². The second kappa shape index (κ2) is 11.9. The molecule has 0 aliphatic rings. The molecule has 4 rings (SSSR count). The Morgan fingerprint density at radius 2 is 1.65 bits per heavy atom. The highest BCUT2D eigenvalue weighted by atomic mass is 32.1. The number of hydrogen-bond donors (Lipinski definition) is 3. The van der Waals surface area contributed by atoms with Gasteiger partial charge in [0.1, 0.15) is 22.2 Å². The normalized spacial score (nSPS) is 11.0. The van der Waals surface area contributed by atoms with Crippen LogP contribution in [0, 0.1) is 6.92 Å². The molecule has 0 atom stereocenters. The number of ether oxygens (including phenoxy) is 1. The van der Waals surface area contributed by atoms with E-state index in [1.54, 1.807) is 25.1 Å². The van der Waals surface area contributed by atoms with Gasteiger partial charge >= 0.3 is 12.2 Å². The molecule has 0 saturated carbocycles. The first-order valence-electron chi connectivity index (χ1n) is 11.6. The number of aryl methyl sites for hydroxylation is 1. The van der Waals surface area contributed by atoms with Crippen LogP contribution in [0.1, 0.15) is 37.2 Å². The number of rotatable bonds is 8. The van der Waals surface area contributed by atoms with Gasteiger partial charge in [0.25, 0.3) is 5.91 Å². The van der Waals surface area contributed by atoms with Crippen molar-refractivity contribution in [2.75, 3.05) is 17.7 Å². The zero-order valence-electron chi connectivity index (χ0n) is 21.0. The number of ketones is 1. The Kier molecular flexibility index (Phi) is 8.38. The van der Waals surface area contributed by atoms with Crippen LogP contribution >= 0.6 is 11.5 Å². The van der Waals surface area contributed by atoms with Gasteiger partial charge in [0, 0.05) is 37.1 Å². The summed E-state index contributed by atoms with van der Waals surface area (Å²) < 4.78 is 50.8. The summed E-state index contributed by atoms with van der Waals surface area (Å²) in [6.45, 7) is 1.64. The lowest BCUT2D eigenvalue weighted by Gasteiger charge is -2.15. The fourth-order valence-corrected chi connectivity index (χ4v) is 3.99. The van der Waals surface area contributed by atoms with Crippen molar-refractivity contribution < 1.29 is 32.3 Å². The molecule has 0 unspecified atom stereocenters. The zero-order chi connectivity index (χ0) is 28.9. The summed E-state index contributed by atoms with van der Waals surface area (Å²) >= 11 is 0.985. The summed E-state index contributed by atoms with van der Waals surface area (Å²) in [5.74, 6) is -0.372. The maximum absolute atomic E-state index is 13.7. The number of nitrogens with one attached hydrogen (secondary N) is 3. The standard InChI is InChI=1S/C26H21F3N6O4S/c1-14-32-23(35-40-14)22(36)11-15-3-4-17(12-20(15)26(27,28)29)34-25(38)33-16-5-7-18(8-6-16)39-19-9-10-31-21(13-19)24(37)30-2/h3-10,12-13H,11H2,1-2H3,(H,30,37)(H2,33,34,38). The first kappa shape index (κ1) is 28.2. The van der Waals surface area contributed by atoms with E-state index < -0.39 is 30.0 Å². The van der Waals surface area contributed by atoms with Crippen LogP contribution in [0.5, 0.6) is 11.5 Å². The number of benzene rings is 2. The first-order valence-corrected chi connectivity index (χ1v) is 12.4. The Morgan fingerprint density at radius 1 is 0.950 bits per heavy atom. The molecule has 0 fully saturated rings. The second-order valence-corrected chi connectivity index (χ2v) is 9.22. The number of carbonyl (C=O) groups is 3. The number of halogens is 3. The minimum Gasteiger partial charge on any atom is -0.457 e. The maximum atomic E-state index is 13.7. The SMILES string of the molecule is CNC(=O)c1cc(Oc2ccc(NC(=O)Nc3ccc(CC(=O)c4nsc(C)n4)c(C(F)(F)F)c3)cc2)ccn1. The predicted octanol–water partition coefficient (Wildman–Crippen LogP) is 5.48. The van der Waals surface area contributed by atoms with Crippen LogP contribution in [0.3, 0.4) is 0 Å². The van der Waals surface area contributed by atoms with Crippen molar-refractivity contribution in [1.82, 2.24) is 19.7 Å². The van der Waals surface area contributed by atoms with Crippen molar-refractivity contribution in [2.24, 2.45) is 0 Å². The Balaban J connectivity index is 1.40. The number of anilines is 2. The van der Waals surface area contributed by atoms with E-state index in [0.717, 1.165) is 23.7 Å². The topological polar surface area (TPSA) is 135 Å². The molecule has 0 saturated heterocycles. The van der Waals surface area contributed by atoms with Gasteiger partial charge in [-0.25, -0.2) is 9.78 Å². The zero-order valence-corrected chi connectivity index (χ0v) is 21.8. The molecule has 3 amide bonds. The van der Waals surface area contributed by atoms with Gasteiger partial charge in [0.05, 0.1) is 5.56 Å². The molecule has 2 heterocycles. The monoisotopic (exact) mass is 570 g/mol. The van der Waals surface area contributed by atoms with E-state index in [2.05, 4.69) is 30.3 Å². The highest BCUT2D eigenvalue weighted by molar-refractivity contribution is 7.05. The summed E-state index contributed by atoms with van der Waals surface area (Å²) in [5.41, 5.74) is -0.913. The number of aromatic nitrogens is 3. The molecule has 2 aromatic heterocycles. The Bertz CT molecular complexity index is 1560. The number of carbonyl (C=O) groups excluding carboxylic acids is 3. The maximum Gasteiger partial charge on any atom is 0.416 e. The van der Waals surface area contributed by atoms with E-state index in [-0.39, 0.29) is 28.7 Å². The predicted molar refractivity (Wildman–Crippen MR) is 141 cm³/mol. The van der Waals surface area contributed by atoms with Crippen LogP contribution in [0.2, 0.25) is 0 Å². The molecule has 10 nitrogen and oxygen atoms in total. The fourth-order valence-electron chi connectivity index (χ4n) is 3.50. The molecule has 14 heteroatoms. The molecule has 2 aromatic carbocycles. The molecule has 40 heavy (non-hydrogen) atoms. The number of pyridine rings is 1. The van der Waals surface area contributed by atoms with E-state index >= 15 is 0 Å². The molecule has 206 valence electrons. The van der Waals surface area contributed by atoms with Gasteiger partial charge in [-0.1, -0.05) is 6.07 Å². The van der Waals surface area contributed by atoms with Crippen molar-refractivity contribution in [2.45, 2.75) is 19.5 Å². The third-order valence-electron chi connectivity index (χ3n) is 5.34. The third-order valence-corrected chi connectivity index (χ3v) is 5.96. The highest BCUT2D eigenvalue weighted by Gasteiger charge is 2.34. The number of nitrogens with zero attached hydrogens (tertiary/aromatic N) is 3. The van der Waals surface area contributed by atoms with Gasteiger partial charge in [-0.2, -0.15) is 17.5 Å². The van der Waals surface area contributed by atoms with Crippen molar-refractivity contribution in [3.63, 3.8) is 0 Å². The van der Waals surface area contributed by atoms with Crippen molar-refractivity contribution in [1.29, 1.82) is 0 Å². The molecule has 3 N–H and O–H groups in total. The van der Waals surface area contributed by atoms with E-state index in [9.17, 15) is 27.6 Å². The first-order chi connectivity index (χ1) is 19.0. The largest absolute Gasteiger partial charge is 0.457 e. The number of alkyl halides is 3. The number of urea groups is 1. The van der Waals surface area contributed by atoms with E-state index in [1.807, 2.05) is 0 Å². The van der Waals surface area contributed by atoms with Gasteiger partial charge in [-0.15, -0.1) is 0 Å². The average molecular weight is 571 g/mol. The Hall–Kier alpha value is -4.85. The van der Waals surface area contributed by atoms with Gasteiger partial charge in [0.15, 0.2) is 0 Å². The molecule has 0 bridgehead atoms. The molecule has 0 aliphatic carbocycles. The van der Waals surface area contributed by atoms with E-state index in [1.165, 1.54) is 37.5 Å². The molecule has 0 radical (unpaired) electrons. The lowest BCUT2D eigenvalue weighted by atomic mass is 10.0. The van der Waals surface area contributed by atoms with Gasteiger partial charge < -0.3 is 20.7 Å². The highest BCUT2D eigenvalue weighted by Crippen LogP contribution is 2.34. The third kappa shape index (κ3) is 7.17. The van der Waals surface area contributed by atoms with E-state index in [4.69, 9.17) is 4.74 Å². The lowest BCUT2D eigenvalue weighted by molar-refractivity contribution is -0.138. The molecular formula is C26H21F3N6O4S. The Labute approximate surface area is 229 Å². The molecule has 0 spiro atoms. The summed E-state index contributed by atoms with van der Waals surface area (Å²) in [7, 11) is 1.48. The fraction of sp³-hybridized carbons (Fsp3) is 0.154. The van der Waals surface area contributed by atoms with Crippen molar-refractivity contribution in [3.05, 3.63) is 88.4 Å².